The lowest BCUT2D eigenvalue weighted by Crippen LogP contribution is -2.23. The lowest BCUT2D eigenvalue weighted by atomic mass is 10.1. The van der Waals surface area contributed by atoms with Crippen LogP contribution in [0.1, 0.15) is 21.5 Å². The number of benzene rings is 2. The van der Waals surface area contributed by atoms with Crippen LogP contribution in [0.3, 0.4) is 0 Å². The number of ether oxygens (including phenoxy) is 3. The summed E-state index contributed by atoms with van der Waals surface area (Å²) >= 11 is 6.10. The fourth-order valence-electron chi connectivity index (χ4n) is 2.33. The van der Waals surface area contributed by atoms with E-state index in [-0.39, 0.29) is 12.7 Å². The summed E-state index contributed by atoms with van der Waals surface area (Å²) in [6, 6.07) is 8.92. The summed E-state index contributed by atoms with van der Waals surface area (Å²) < 4.78 is 15.8. The molecule has 120 valence electrons. The Morgan fingerprint density at radius 2 is 2.04 bits per heavy atom. The van der Waals surface area contributed by atoms with Gasteiger partial charge in [0.2, 0.25) is 6.79 Å². The van der Waals surface area contributed by atoms with E-state index in [1.54, 1.807) is 12.1 Å². The molecule has 0 fully saturated rings. The first kappa shape index (κ1) is 15.5. The summed E-state index contributed by atoms with van der Waals surface area (Å²) in [6.07, 6.45) is 0. The minimum absolute atomic E-state index is 0.226. The first-order valence-electron chi connectivity index (χ1n) is 7.09. The average molecular weight is 334 g/mol. The Balaban J connectivity index is 1.73. The molecule has 1 heterocycles. The largest absolute Gasteiger partial charge is 0.496 e. The predicted octanol–water partition coefficient (Wildman–Crippen LogP) is 3.32. The highest BCUT2D eigenvalue weighted by atomic mass is 35.5. The number of halogens is 1. The third-order valence-corrected chi connectivity index (χ3v) is 4.02. The molecule has 5 nitrogen and oxygen atoms in total. The van der Waals surface area contributed by atoms with Crippen molar-refractivity contribution in [1.82, 2.24) is 5.32 Å². The van der Waals surface area contributed by atoms with Gasteiger partial charge in [-0.3, -0.25) is 4.79 Å². The van der Waals surface area contributed by atoms with Crippen molar-refractivity contribution < 1.29 is 19.0 Å². The summed E-state index contributed by atoms with van der Waals surface area (Å²) in [5.41, 5.74) is 2.18. The Bertz CT molecular complexity index is 760. The molecule has 0 aliphatic carbocycles. The third-order valence-electron chi connectivity index (χ3n) is 3.62. The molecular weight excluding hydrogens is 318 g/mol. The Hall–Kier alpha value is -2.40. The molecule has 2 aromatic rings. The fraction of sp³-hybridized carbons (Fsp3) is 0.235. The summed E-state index contributed by atoms with van der Waals surface area (Å²) in [4.78, 5) is 12.4. The summed E-state index contributed by atoms with van der Waals surface area (Å²) in [5, 5.41) is 3.38. The average Bonchev–Trinajstić information content (AvgIpc) is 3.02. The van der Waals surface area contributed by atoms with Crippen molar-refractivity contribution in [3.05, 3.63) is 52.0 Å². The van der Waals surface area contributed by atoms with Crippen molar-refractivity contribution in [2.24, 2.45) is 0 Å². The molecule has 1 aliphatic heterocycles. The van der Waals surface area contributed by atoms with Crippen molar-refractivity contribution in [3.8, 4) is 17.2 Å². The van der Waals surface area contributed by atoms with E-state index in [1.165, 1.54) is 7.11 Å². The van der Waals surface area contributed by atoms with Gasteiger partial charge in [-0.15, -0.1) is 0 Å². The van der Waals surface area contributed by atoms with E-state index in [9.17, 15) is 4.79 Å². The lowest BCUT2D eigenvalue weighted by molar-refractivity contribution is 0.0948. The zero-order chi connectivity index (χ0) is 16.4. The van der Waals surface area contributed by atoms with Crippen LogP contribution in [0.5, 0.6) is 17.2 Å². The fourth-order valence-corrected chi connectivity index (χ4v) is 2.49. The Labute approximate surface area is 139 Å². The van der Waals surface area contributed by atoms with Crippen LogP contribution < -0.4 is 19.5 Å². The zero-order valence-electron chi connectivity index (χ0n) is 12.8. The van der Waals surface area contributed by atoms with Crippen molar-refractivity contribution >= 4 is 17.5 Å². The molecule has 0 aromatic heterocycles. The van der Waals surface area contributed by atoms with Crippen molar-refractivity contribution in [3.63, 3.8) is 0 Å². The first-order chi connectivity index (χ1) is 11.1. The Kier molecular flexibility index (Phi) is 4.30. The van der Waals surface area contributed by atoms with E-state index in [2.05, 4.69) is 5.32 Å². The number of nitrogens with one attached hydrogen (secondary N) is 1. The van der Waals surface area contributed by atoms with Gasteiger partial charge in [0, 0.05) is 11.6 Å². The Morgan fingerprint density at radius 1 is 1.26 bits per heavy atom. The number of aryl methyl sites for hydroxylation is 1. The van der Waals surface area contributed by atoms with E-state index in [1.807, 2.05) is 25.1 Å². The van der Waals surface area contributed by atoms with E-state index in [4.69, 9.17) is 25.8 Å². The summed E-state index contributed by atoms with van der Waals surface area (Å²) in [6.45, 7) is 2.45. The quantitative estimate of drug-likeness (QED) is 0.932. The predicted molar refractivity (Wildman–Crippen MR) is 86.5 cm³/mol. The zero-order valence-corrected chi connectivity index (χ0v) is 13.6. The molecule has 1 aliphatic rings. The molecule has 1 N–H and O–H groups in total. The van der Waals surface area contributed by atoms with Gasteiger partial charge in [0.25, 0.3) is 5.91 Å². The molecule has 23 heavy (non-hydrogen) atoms. The van der Waals surface area contributed by atoms with Crippen LogP contribution in [-0.2, 0) is 6.54 Å². The van der Waals surface area contributed by atoms with Gasteiger partial charge in [0.05, 0.1) is 12.7 Å². The molecule has 0 saturated carbocycles. The molecule has 0 unspecified atom stereocenters. The molecule has 2 aromatic carbocycles. The molecule has 1 amide bonds. The number of carbonyl (C=O) groups is 1. The second-order valence-electron chi connectivity index (χ2n) is 5.17. The van der Waals surface area contributed by atoms with Crippen LogP contribution in [0.2, 0.25) is 5.02 Å². The van der Waals surface area contributed by atoms with Gasteiger partial charge >= 0.3 is 0 Å². The summed E-state index contributed by atoms with van der Waals surface area (Å²) in [7, 11) is 1.53. The number of carbonyl (C=O) groups excluding carboxylic acids is 1. The third kappa shape index (κ3) is 3.19. The summed E-state index contributed by atoms with van der Waals surface area (Å²) in [5.74, 6) is 1.65. The molecular formula is C17H16ClNO4. The smallest absolute Gasteiger partial charge is 0.255 e. The molecule has 3 rings (SSSR count). The van der Waals surface area contributed by atoms with Crippen molar-refractivity contribution in [2.75, 3.05) is 13.9 Å². The van der Waals surface area contributed by atoms with Gasteiger partial charge in [-0.25, -0.2) is 0 Å². The highest BCUT2D eigenvalue weighted by molar-refractivity contribution is 6.31. The van der Waals surface area contributed by atoms with Crippen LogP contribution in [0, 0.1) is 6.92 Å². The van der Waals surface area contributed by atoms with Gasteiger partial charge in [-0.2, -0.15) is 0 Å². The molecule has 6 heteroatoms. The number of rotatable bonds is 4. The monoisotopic (exact) mass is 333 g/mol. The normalized spacial score (nSPS) is 12.1. The minimum Gasteiger partial charge on any atom is -0.496 e. The number of fused-ring (bicyclic) bond motifs is 1. The molecule has 0 radical (unpaired) electrons. The molecule has 0 saturated heterocycles. The molecule has 0 spiro atoms. The van der Waals surface area contributed by atoms with Gasteiger partial charge in [-0.05, 0) is 42.3 Å². The van der Waals surface area contributed by atoms with Crippen LogP contribution in [0.4, 0.5) is 0 Å². The van der Waals surface area contributed by atoms with Gasteiger partial charge in [-0.1, -0.05) is 17.7 Å². The topological polar surface area (TPSA) is 56.8 Å². The van der Waals surface area contributed by atoms with Gasteiger partial charge < -0.3 is 19.5 Å². The minimum atomic E-state index is -0.249. The van der Waals surface area contributed by atoms with Crippen molar-refractivity contribution in [2.45, 2.75) is 13.5 Å². The second-order valence-corrected chi connectivity index (χ2v) is 5.58. The van der Waals surface area contributed by atoms with Gasteiger partial charge in [0.15, 0.2) is 11.5 Å². The highest BCUT2D eigenvalue weighted by Gasteiger charge is 2.16. The Morgan fingerprint density at radius 3 is 2.83 bits per heavy atom. The standard InChI is InChI=1S/C17H16ClNO4/c1-10-5-15(21-2)12(7-13(10)18)17(20)19-8-11-3-4-14-16(6-11)23-9-22-14/h3-7H,8-9H2,1-2H3,(H,19,20). The maximum atomic E-state index is 12.4. The highest BCUT2D eigenvalue weighted by Crippen LogP contribution is 2.32. The SMILES string of the molecule is COc1cc(C)c(Cl)cc1C(=O)NCc1ccc2c(c1)OCO2. The van der Waals surface area contributed by atoms with Gasteiger partial charge in [0.1, 0.15) is 5.75 Å². The van der Waals surface area contributed by atoms with Crippen LogP contribution in [0.15, 0.2) is 30.3 Å². The first-order valence-corrected chi connectivity index (χ1v) is 7.47. The van der Waals surface area contributed by atoms with E-state index < -0.39 is 0 Å². The maximum Gasteiger partial charge on any atom is 0.255 e. The number of hydrogen-bond acceptors (Lipinski definition) is 4. The molecule has 0 bridgehead atoms. The van der Waals surface area contributed by atoms with Crippen LogP contribution in [0.25, 0.3) is 0 Å². The lowest BCUT2D eigenvalue weighted by Gasteiger charge is -2.11. The maximum absolute atomic E-state index is 12.4. The van der Waals surface area contributed by atoms with E-state index >= 15 is 0 Å². The van der Waals surface area contributed by atoms with Crippen LogP contribution >= 0.6 is 11.6 Å². The van der Waals surface area contributed by atoms with Crippen molar-refractivity contribution in [1.29, 1.82) is 0 Å². The van der Waals surface area contributed by atoms with E-state index in [0.717, 1.165) is 11.1 Å². The van der Waals surface area contributed by atoms with E-state index in [0.29, 0.717) is 34.4 Å². The second kappa shape index (κ2) is 6.38. The number of hydrogen-bond donors (Lipinski definition) is 1. The van der Waals surface area contributed by atoms with Crippen LogP contribution in [-0.4, -0.2) is 19.8 Å². The number of amides is 1. The number of methoxy groups -OCH3 is 1. The molecule has 0 atom stereocenters.